The van der Waals surface area contributed by atoms with Gasteiger partial charge < -0.3 is 33.3 Å². The summed E-state index contributed by atoms with van der Waals surface area (Å²) in [7, 11) is 4.63. The summed E-state index contributed by atoms with van der Waals surface area (Å²) in [6.07, 6.45) is 4.07. The molecular formula is C40H48Cl2N4O6. The molecule has 0 saturated carbocycles. The second-order valence-electron chi connectivity index (χ2n) is 13.7. The molecule has 3 aromatic carbocycles. The van der Waals surface area contributed by atoms with Crippen LogP contribution in [0.4, 0.5) is 0 Å². The van der Waals surface area contributed by atoms with Gasteiger partial charge in [-0.05, 0) is 101 Å². The number of amides is 1. The van der Waals surface area contributed by atoms with Crippen LogP contribution in [-0.2, 0) is 16.7 Å². The van der Waals surface area contributed by atoms with Gasteiger partial charge in [-0.1, -0.05) is 41.4 Å². The van der Waals surface area contributed by atoms with E-state index in [4.69, 9.17) is 47.1 Å². The van der Waals surface area contributed by atoms with Crippen molar-refractivity contribution < 1.29 is 28.5 Å². The number of benzene rings is 3. The molecule has 2 aliphatic heterocycles. The number of carbonyl (C=O) groups excluding carboxylic acids is 2. The molecule has 1 atom stereocenters. The average molecular weight is 752 g/mol. The maximum Gasteiger partial charge on any atom is 0.254 e. The molecule has 6 rings (SSSR count). The maximum atomic E-state index is 14.1. The molecule has 0 N–H and O–H groups in total. The lowest BCUT2D eigenvalue weighted by Gasteiger charge is -2.45. The van der Waals surface area contributed by atoms with Gasteiger partial charge in [-0.3, -0.25) is 9.59 Å². The molecule has 52 heavy (non-hydrogen) atoms. The quantitative estimate of drug-likeness (QED) is 0.0963. The van der Waals surface area contributed by atoms with E-state index in [-0.39, 0.29) is 23.0 Å². The van der Waals surface area contributed by atoms with Gasteiger partial charge in [0.05, 0.1) is 49.0 Å². The predicted octanol–water partition coefficient (Wildman–Crippen LogP) is 7.56. The van der Waals surface area contributed by atoms with Crippen LogP contribution < -0.4 is 14.2 Å². The molecule has 0 bridgehead atoms. The Morgan fingerprint density at radius 3 is 2.31 bits per heavy atom. The molecule has 10 nitrogen and oxygen atoms in total. The molecule has 2 saturated heterocycles. The first-order valence-corrected chi connectivity index (χ1v) is 18.8. The van der Waals surface area contributed by atoms with Crippen molar-refractivity contribution in [2.45, 2.75) is 51.0 Å². The van der Waals surface area contributed by atoms with Crippen molar-refractivity contribution in [3.8, 4) is 17.2 Å². The van der Waals surface area contributed by atoms with E-state index in [2.05, 4.69) is 4.90 Å². The maximum absolute atomic E-state index is 14.1. The number of methoxy groups -OCH3 is 3. The van der Waals surface area contributed by atoms with Crippen molar-refractivity contribution in [1.82, 2.24) is 19.4 Å². The first-order valence-electron chi connectivity index (χ1n) is 18.1. The van der Waals surface area contributed by atoms with Crippen LogP contribution in [0.2, 0.25) is 10.0 Å². The minimum Gasteiger partial charge on any atom is -0.493 e. The van der Waals surface area contributed by atoms with Gasteiger partial charge in [0.15, 0.2) is 17.3 Å². The van der Waals surface area contributed by atoms with Crippen molar-refractivity contribution in [3.05, 3.63) is 81.6 Å². The van der Waals surface area contributed by atoms with E-state index in [0.29, 0.717) is 71.5 Å². The minimum absolute atomic E-state index is 0.0933. The topological polar surface area (TPSA) is 95.4 Å². The Bertz CT molecular complexity index is 1870. The molecular weight excluding hydrogens is 703 g/mol. The molecule has 0 aliphatic carbocycles. The van der Waals surface area contributed by atoms with Crippen molar-refractivity contribution in [2.24, 2.45) is 5.92 Å². The lowest BCUT2D eigenvalue weighted by molar-refractivity contribution is 0.0600. The number of carbonyl (C=O) groups is 2. The predicted molar refractivity (Wildman–Crippen MR) is 204 cm³/mol. The van der Waals surface area contributed by atoms with E-state index in [9.17, 15) is 9.59 Å². The summed E-state index contributed by atoms with van der Waals surface area (Å²) in [5.74, 6) is 1.74. The lowest BCUT2D eigenvalue weighted by Crippen LogP contribution is -2.50. The SMILES string of the molecule is CCOCCn1c(C(=O)C2CCN(CCC3(c4ccc(Cl)c(Cl)c4)CCCN(C(=O)c4cc(OC)c(OC)c(OC)c4)C3)CC2)nc2ccccc21. The van der Waals surface area contributed by atoms with Crippen molar-refractivity contribution in [1.29, 1.82) is 0 Å². The number of para-hydroxylation sites is 2. The summed E-state index contributed by atoms with van der Waals surface area (Å²) in [5.41, 5.74) is 2.98. The molecule has 0 radical (unpaired) electrons. The van der Waals surface area contributed by atoms with Crippen molar-refractivity contribution in [2.75, 3.05) is 67.3 Å². The van der Waals surface area contributed by atoms with Gasteiger partial charge in [0.1, 0.15) is 0 Å². The largest absolute Gasteiger partial charge is 0.493 e. The van der Waals surface area contributed by atoms with Gasteiger partial charge in [0, 0.05) is 43.1 Å². The van der Waals surface area contributed by atoms with Crippen molar-refractivity contribution in [3.63, 3.8) is 0 Å². The van der Waals surface area contributed by atoms with Crippen molar-refractivity contribution >= 4 is 45.9 Å². The number of ether oxygens (including phenoxy) is 4. The van der Waals surface area contributed by atoms with Gasteiger partial charge in [-0.15, -0.1) is 0 Å². The zero-order chi connectivity index (χ0) is 36.8. The Labute approximate surface area is 315 Å². The van der Waals surface area contributed by atoms with Gasteiger partial charge in [0.25, 0.3) is 5.91 Å². The number of piperidine rings is 2. The third kappa shape index (κ3) is 7.90. The molecule has 278 valence electrons. The third-order valence-corrected chi connectivity index (χ3v) is 11.5. The van der Waals surface area contributed by atoms with Crippen LogP contribution in [0.3, 0.4) is 0 Å². The van der Waals surface area contributed by atoms with E-state index in [1.54, 1.807) is 33.5 Å². The van der Waals surface area contributed by atoms with E-state index in [1.807, 2.05) is 58.9 Å². The molecule has 3 heterocycles. The summed E-state index contributed by atoms with van der Waals surface area (Å²) < 4.78 is 24.2. The first-order chi connectivity index (χ1) is 25.2. The number of fused-ring (bicyclic) bond motifs is 1. The number of imidazole rings is 1. The number of ketones is 1. The molecule has 1 unspecified atom stereocenters. The van der Waals surface area contributed by atoms with Gasteiger partial charge in [-0.25, -0.2) is 4.98 Å². The highest BCUT2D eigenvalue weighted by Crippen LogP contribution is 2.42. The fourth-order valence-electron chi connectivity index (χ4n) is 7.87. The average Bonchev–Trinajstić information content (AvgIpc) is 3.55. The smallest absolute Gasteiger partial charge is 0.254 e. The number of hydrogen-bond acceptors (Lipinski definition) is 8. The Morgan fingerprint density at radius 2 is 1.63 bits per heavy atom. The fraction of sp³-hybridized carbons (Fsp3) is 0.475. The molecule has 2 aliphatic rings. The molecule has 12 heteroatoms. The van der Waals surface area contributed by atoms with Gasteiger partial charge in [-0.2, -0.15) is 0 Å². The van der Waals surface area contributed by atoms with Crippen LogP contribution in [-0.4, -0.2) is 98.3 Å². The molecule has 2 fully saturated rings. The summed E-state index contributed by atoms with van der Waals surface area (Å²) in [6.45, 7) is 7.30. The number of likely N-dealkylation sites (tertiary alicyclic amines) is 2. The van der Waals surface area contributed by atoms with E-state index < -0.39 is 0 Å². The number of Topliss-reactive ketones (excluding diaryl/α,β-unsaturated/α-hetero) is 1. The Morgan fingerprint density at radius 1 is 0.904 bits per heavy atom. The standard InChI is InChI=1S/C40H48Cl2N4O6/c1-5-52-22-21-46-33-10-7-6-9-32(33)43-38(46)36(47)27-13-18-44(19-14-27)20-16-40(29-11-12-30(41)31(42)25-29)15-8-17-45(26-40)39(48)28-23-34(49-2)37(51-4)35(24-28)50-3/h6-7,9-12,23-25,27H,5,8,13-22,26H2,1-4H3. The fourth-order valence-corrected chi connectivity index (χ4v) is 8.16. The number of hydrogen-bond donors (Lipinski definition) is 0. The van der Waals surface area contributed by atoms with Crippen LogP contribution in [0.1, 0.15) is 65.6 Å². The third-order valence-electron chi connectivity index (χ3n) is 10.7. The lowest BCUT2D eigenvalue weighted by atomic mass is 9.71. The number of halogens is 2. The highest BCUT2D eigenvalue weighted by Gasteiger charge is 2.40. The van der Waals surface area contributed by atoms with E-state index in [1.165, 1.54) is 0 Å². The molecule has 0 spiro atoms. The number of nitrogens with zero attached hydrogens (tertiary/aromatic N) is 4. The van der Waals surface area contributed by atoms with E-state index in [0.717, 1.165) is 68.3 Å². The highest BCUT2D eigenvalue weighted by molar-refractivity contribution is 6.42. The van der Waals surface area contributed by atoms with Crippen LogP contribution in [0, 0.1) is 5.92 Å². The Balaban J connectivity index is 1.18. The van der Waals surface area contributed by atoms with Gasteiger partial charge in [0.2, 0.25) is 11.5 Å². The normalized spacial score (nSPS) is 18.5. The molecule has 4 aromatic rings. The van der Waals surface area contributed by atoms with Crippen LogP contribution >= 0.6 is 23.2 Å². The second kappa shape index (κ2) is 16.9. The summed E-state index contributed by atoms with van der Waals surface area (Å²) >= 11 is 13.0. The molecule has 1 aromatic heterocycles. The number of aromatic nitrogens is 2. The van der Waals surface area contributed by atoms with Crippen LogP contribution in [0.5, 0.6) is 17.2 Å². The summed E-state index contributed by atoms with van der Waals surface area (Å²) in [5, 5.41) is 0.998. The van der Waals surface area contributed by atoms with Crippen LogP contribution in [0.15, 0.2) is 54.6 Å². The Hall–Kier alpha value is -3.83. The summed E-state index contributed by atoms with van der Waals surface area (Å²) in [6, 6.07) is 17.2. The monoisotopic (exact) mass is 750 g/mol. The summed E-state index contributed by atoms with van der Waals surface area (Å²) in [4.78, 5) is 37.2. The van der Waals surface area contributed by atoms with Gasteiger partial charge >= 0.3 is 0 Å². The zero-order valence-electron chi connectivity index (χ0n) is 30.5. The van der Waals surface area contributed by atoms with Crippen LogP contribution in [0.25, 0.3) is 11.0 Å². The second-order valence-corrected chi connectivity index (χ2v) is 14.5. The molecule has 1 amide bonds. The minimum atomic E-state index is -0.346. The first kappa shape index (κ1) is 37.9. The highest BCUT2D eigenvalue weighted by atomic mass is 35.5. The zero-order valence-corrected chi connectivity index (χ0v) is 32.0. The Kier molecular flexibility index (Phi) is 12.3. The number of rotatable bonds is 14. The van der Waals surface area contributed by atoms with E-state index >= 15 is 0 Å².